The molecule has 0 bridgehead atoms. The molecule has 2 aromatic rings. The second-order valence-electron chi connectivity index (χ2n) is 7.42. The zero-order chi connectivity index (χ0) is 19.8. The third-order valence-electron chi connectivity index (χ3n) is 5.68. The van der Waals surface area contributed by atoms with E-state index in [1.807, 2.05) is 0 Å². The maximum Gasteiger partial charge on any atom is 0.161 e. The molecule has 2 heterocycles. The number of fused-ring (bicyclic) bond motifs is 1. The van der Waals surface area contributed by atoms with Crippen LogP contribution in [0.5, 0.6) is 0 Å². The van der Waals surface area contributed by atoms with Gasteiger partial charge in [0, 0.05) is 37.0 Å². The summed E-state index contributed by atoms with van der Waals surface area (Å²) < 4.78 is 60.6. The number of hydrogen-bond acceptors (Lipinski definition) is 4. The first kappa shape index (κ1) is 19.5. The number of nitrogens with zero attached hydrogens (tertiary/aromatic N) is 3. The van der Waals surface area contributed by atoms with Crippen LogP contribution in [-0.2, 0) is 29.9 Å². The monoisotopic (exact) mass is 411 g/mol. The highest BCUT2D eigenvalue weighted by molar-refractivity contribution is 7.78. The summed E-state index contributed by atoms with van der Waals surface area (Å²) in [5.74, 6) is -2.68. The molecule has 1 aliphatic carbocycles. The molecule has 9 heteroatoms. The average molecular weight is 411 g/mol. The van der Waals surface area contributed by atoms with E-state index in [1.165, 1.54) is 0 Å². The SMILES string of the molecule is O=S(O)Cc1ncc2c(n1)CN(C1CCC(c3cc(F)c(F)cc3F)CC1)C2. The minimum Gasteiger partial charge on any atom is -0.306 e. The van der Waals surface area contributed by atoms with E-state index in [1.54, 1.807) is 6.20 Å². The Labute approximate surface area is 163 Å². The van der Waals surface area contributed by atoms with Gasteiger partial charge in [-0.1, -0.05) is 0 Å². The molecule has 1 unspecified atom stereocenters. The van der Waals surface area contributed by atoms with Crippen LogP contribution in [0.3, 0.4) is 0 Å². The smallest absolute Gasteiger partial charge is 0.161 e. The van der Waals surface area contributed by atoms with Crippen LogP contribution in [0.4, 0.5) is 13.2 Å². The highest BCUT2D eigenvalue weighted by atomic mass is 32.2. The minimum atomic E-state index is -1.97. The first-order valence-electron chi connectivity index (χ1n) is 9.20. The molecule has 4 rings (SSSR count). The summed E-state index contributed by atoms with van der Waals surface area (Å²) >= 11 is -1.97. The molecular weight excluding hydrogens is 391 g/mol. The third kappa shape index (κ3) is 3.97. The molecule has 28 heavy (non-hydrogen) atoms. The van der Waals surface area contributed by atoms with Crippen molar-refractivity contribution in [3.63, 3.8) is 0 Å². The summed E-state index contributed by atoms with van der Waals surface area (Å²) in [6, 6.07) is 1.92. The van der Waals surface area contributed by atoms with Gasteiger partial charge in [-0.2, -0.15) is 0 Å². The zero-order valence-corrected chi connectivity index (χ0v) is 15.9. The molecule has 2 aliphatic rings. The Hall–Kier alpha value is -1.84. The number of halogens is 3. The molecule has 0 radical (unpaired) electrons. The highest BCUT2D eigenvalue weighted by Crippen LogP contribution is 2.38. The normalized spacial score (nSPS) is 23.6. The van der Waals surface area contributed by atoms with Crippen molar-refractivity contribution < 1.29 is 21.9 Å². The molecule has 150 valence electrons. The molecule has 1 atom stereocenters. The van der Waals surface area contributed by atoms with Crippen molar-refractivity contribution in [1.29, 1.82) is 0 Å². The van der Waals surface area contributed by atoms with Crippen molar-refractivity contribution >= 4 is 11.1 Å². The van der Waals surface area contributed by atoms with Crippen LogP contribution in [0.15, 0.2) is 18.3 Å². The molecule has 1 fully saturated rings. The number of hydrogen-bond donors (Lipinski definition) is 1. The summed E-state index contributed by atoms with van der Waals surface area (Å²) in [5, 5.41) is 0. The van der Waals surface area contributed by atoms with E-state index < -0.39 is 28.5 Å². The predicted octanol–water partition coefficient (Wildman–Crippen LogP) is 3.66. The summed E-state index contributed by atoms with van der Waals surface area (Å²) in [5.41, 5.74) is 2.15. The standard InChI is InChI=1S/C19H20F3N3O2S/c20-15-6-17(22)16(21)5-14(15)11-1-3-13(4-2-11)25-8-12-7-23-19(10-28(26)27)24-18(12)9-25/h5-7,11,13H,1-4,8-10H2,(H,26,27). The molecule has 1 aliphatic heterocycles. The summed E-state index contributed by atoms with van der Waals surface area (Å²) in [7, 11) is 0. The van der Waals surface area contributed by atoms with E-state index in [-0.39, 0.29) is 17.2 Å². The molecule has 1 N–H and O–H groups in total. The Balaban J connectivity index is 1.39. The molecular formula is C19H20F3N3O2S. The van der Waals surface area contributed by atoms with Crippen LogP contribution in [0.2, 0.25) is 0 Å². The van der Waals surface area contributed by atoms with Crippen molar-refractivity contribution in [2.45, 2.75) is 56.5 Å². The Bertz CT molecular complexity index is 920. The number of rotatable bonds is 4. The molecule has 1 aromatic carbocycles. The van der Waals surface area contributed by atoms with E-state index in [2.05, 4.69) is 14.9 Å². The molecule has 1 saturated carbocycles. The summed E-state index contributed by atoms with van der Waals surface area (Å²) in [4.78, 5) is 10.8. The van der Waals surface area contributed by atoms with Crippen LogP contribution in [-0.4, -0.2) is 29.7 Å². The second-order valence-corrected chi connectivity index (χ2v) is 8.35. The van der Waals surface area contributed by atoms with Crippen LogP contribution in [0.25, 0.3) is 0 Å². The van der Waals surface area contributed by atoms with Crippen molar-refractivity contribution in [2.75, 3.05) is 0 Å². The largest absolute Gasteiger partial charge is 0.306 e. The van der Waals surface area contributed by atoms with Gasteiger partial charge in [0.2, 0.25) is 0 Å². The number of benzene rings is 1. The lowest BCUT2D eigenvalue weighted by Crippen LogP contribution is -2.34. The van der Waals surface area contributed by atoms with Gasteiger partial charge in [-0.25, -0.2) is 27.3 Å². The van der Waals surface area contributed by atoms with Gasteiger partial charge in [0.1, 0.15) is 17.4 Å². The van der Waals surface area contributed by atoms with Gasteiger partial charge in [-0.05, 0) is 43.2 Å². The molecule has 0 amide bonds. The molecule has 0 saturated heterocycles. The van der Waals surface area contributed by atoms with Gasteiger partial charge in [-0.15, -0.1) is 0 Å². The fraction of sp³-hybridized carbons (Fsp3) is 0.474. The Morgan fingerprint density at radius 1 is 1.07 bits per heavy atom. The number of aromatic nitrogens is 2. The third-order valence-corrected chi connectivity index (χ3v) is 6.18. The first-order chi connectivity index (χ1) is 13.4. The average Bonchev–Trinajstić information content (AvgIpc) is 3.08. The Kier molecular flexibility index (Phi) is 5.48. The molecule has 0 spiro atoms. The predicted molar refractivity (Wildman–Crippen MR) is 97.1 cm³/mol. The zero-order valence-electron chi connectivity index (χ0n) is 15.1. The van der Waals surface area contributed by atoms with Gasteiger partial charge < -0.3 is 4.55 Å². The van der Waals surface area contributed by atoms with E-state index in [0.717, 1.165) is 30.2 Å². The van der Waals surface area contributed by atoms with Crippen LogP contribution in [0, 0.1) is 17.5 Å². The maximum absolute atomic E-state index is 14.0. The topological polar surface area (TPSA) is 66.3 Å². The second kappa shape index (κ2) is 7.88. The van der Waals surface area contributed by atoms with Crippen LogP contribution >= 0.6 is 0 Å². The Morgan fingerprint density at radius 3 is 2.50 bits per heavy atom. The van der Waals surface area contributed by atoms with Gasteiger partial charge >= 0.3 is 0 Å². The first-order valence-corrected chi connectivity index (χ1v) is 10.5. The maximum atomic E-state index is 14.0. The lowest BCUT2D eigenvalue weighted by molar-refractivity contribution is 0.147. The molecule has 1 aromatic heterocycles. The molecule has 5 nitrogen and oxygen atoms in total. The lowest BCUT2D eigenvalue weighted by atomic mass is 9.81. The van der Waals surface area contributed by atoms with E-state index in [9.17, 15) is 17.4 Å². The van der Waals surface area contributed by atoms with Crippen molar-refractivity contribution in [2.24, 2.45) is 0 Å². The van der Waals surface area contributed by atoms with Crippen molar-refractivity contribution in [1.82, 2.24) is 14.9 Å². The van der Waals surface area contributed by atoms with E-state index >= 15 is 0 Å². The van der Waals surface area contributed by atoms with E-state index in [4.69, 9.17) is 4.55 Å². The van der Waals surface area contributed by atoms with Crippen molar-refractivity contribution in [3.8, 4) is 0 Å². The van der Waals surface area contributed by atoms with Crippen LogP contribution in [0.1, 0.15) is 54.2 Å². The Morgan fingerprint density at radius 2 is 1.79 bits per heavy atom. The fourth-order valence-electron chi connectivity index (χ4n) is 4.26. The van der Waals surface area contributed by atoms with Gasteiger partial charge in [0.25, 0.3) is 0 Å². The summed E-state index contributed by atoms with van der Waals surface area (Å²) in [6.07, 6.45) is 4.79. The van der Waals surface area contributed by atoms with Crippen molar-refractivity contribution in [3.05, 3.63) is 58.4 Å². The fourth-order valence-corrected chi connectivity index (χ4v) is 4.62. The van der Waals surface area contributed by atoms with Gasteiger partial charge in [0.15, 0.2) is 22.7 Å². The quantitative estimate of drug-likeness (QED) is 0.615. The highest BCUT2D eigenvalue weighted by Gasteiger charge is 2.32. The van der Waals surface area contributed by atoms with Gasteiger partial charge in [0.05, 0.1) is 5.69 Å². The lowest BCUT2D eigenvalue weighted by Gasteiger charge is -2.34. The van der Waals surface area contributed by atoms with Gasteiger partial charge in [-0.3, -0.25) is 4.90 Å². The van der Waals surface area contributed by atoms with Crippen LogP contribution < -0.4 is 0 Å². The minimum absolute atomic E-state index is 0.0851. The summed E-state index contributed by atoms with van der Waals surface area (Å²) in [6.45, 7) is 1.37. The van der Waals surface area contributed by atoms with E-state index in [0.29, 0.717) is 43.9 Å².